The van der Waals surface area contributed by atoms with Gasteiger partial charge in [0.25, 0.3) is 0 Å². The second-order valence-corrected chi connectivity index (χ2v) is 8.99. The van der Waals surface area contributed by atoms with E-state index in [4.69, 9.17) is 0 Å². The number of benzene rings is 3. The Morgan fingerprint density at radius 2 is 0.773 bits per heavy atom. The molecule has 0 aliphatic rings. The minimum atomic E-state index is -3.33. The van der Waals surface area contributed by atoms with E-state index in [-0.39, 0.29) is 0 Å². The van der Waals surface area contributed by atoms with Crippen molar-refractivity contribution in [3.8, 4) is 0 Å². The molecule has 22 heavy (non-hydrogen) atoms. The van der Waals surface area contributed by atoms with Crippen LogP contribution in [0.1, 0.15) is 0 Å². The number of rotatable bonds is 4. The van der Waals surface area contributed by atoms with E-state index in [1.54, 1.807) is 0 Å². The molecule has 0 unspecified atom stereocenters. The Morgan fingerprint density at radius 3 is 1.00 bits per heavy atom. The Balaban J connectivity index is 2.34. The van der Waals surface area contributed by atoms with Gasteiger partial charge in [-0.1, -0.05) is 0 Å². The van der Waals surface area contributed by atoms with Crippen LogP contribution in [0.15, 0.2) is 91.0 Å². The maximum atomic E-state index is 14.5. The Bertz CT molecular complexity index is 616. The SMILES string of the molecule is FC(F)[PH](c1ccccc1)(c1ccccc1)c1ccccc1. The fourth-order valence-corrected chi connectivity index (χ4v) is 6.89. The van der Waals surface area contributed by atoms with Crippen LogP contribution in [0.5, 0.6) is 0 Å². The van der Waals surface area contributed by atoms with E-state index in [0.29, 0.717) is 0 Å². The van der Waals surface area contributed by atoms with Gasteiger partial charge < -0.3 is 0 Å². The van der Waals surface area contributed by atoms with Crippen LogP contribution in [-0.4, -0.2) is 6.17 Å². The summed E-state index contributed by atoms with van der Waals surface area (Å²) in [4.78, 5) is 0. The second kappa shape index (κ2) is 6.37. The van der Waals surface area contributed by atoms with E-state index in [0.717, 1.165) is 15.9 Å². The van der Waals surface area contributed by atoms with Gasteiger partial charge in [0, 0.05) is 0 Å². The average Bonchev–Trinajstić information content (AvgIpc) is 2.58. The van der Waals surface area contributed by atoms with Crippen LogP contribution >= 0.6 is 7.26 Å². The Morgan fingerprint density at radius 1 is 0.500 bits per heavy atom. The van der Waals surface area contributed by atoms with Gasteiger partial charge in [-0.2, -0.15) is 0 Å². The van der Waals surface area contributed by atoms with Crippen molar-refractivity contribution in [2.75, 3.05) is 0 Å². The molecule has 0 bridgehead atoms. The molecule has 3 heteroatoms. The molecule has 0 saturated heterocycles. The fraction of sp³-hybridized carbons (Fsp3) is 0.0526. The minimum absolute atomic E-state index is 0.738. The quantitative estimate of drug-likeness (QED) is 0.640. The molecule has 0 aliphatic heterocycles. The van der Waals surface area contributed by atoms with Gasteiger partial charge in [-0.15, -0.1) is 0 Å². The predicted molar refractivity (Wildman–Crippen MR) is 92.5 cm³/mol. The molecule has 0 amide bonds. The predicted octanol–water partition coefficient (Wildman–Crippen LogP) is 3.94. The summed E-state index contributed by atoms with van der Waals surface area (Å²) in [6.07, 6.45) is -2.42. The van der Waals surface area contributed by atoms with E-state index < -0.39 is 13.4 Å². The zero-order valence-corrected chi connectivity index (χ0v) is 13.0. The van der Waals surface area contributed by atoms with Gasteiger partial charge in [0.1, 0.15) is 0 Å². The number of hydrogen-bond acceptors (Lipinski definition) is 0. The van der Waals surface area contributed by atoms with E-state index in [2.05, 4.69) is 0 Å². The van der Waals surface area contributed by atoms with Crippen LogP contribution in [0.2, 0.25) is 0 Å². The second-order valence-electron chi connectivity index (χ2n) is 5.21. The average molecular weight is 314 g/mol. The molecule has 0 aliphatic carbocycles. The Labute approximate surface area is 129 Å². The van der Waals surface area contributed by atoms with Gasteiger partial charge in [0.15, 0.2) is 0 Å². The molecule has 112 valence electrons. The summed E-state index contributed by atoms with van der Waals surface area (Å²) in [7, 11) is -3.33. The van der Waals surface area contributed by atoms with E-state index >= 15 is 0 Å². The van der Waals surface area contributed by atoms with Crippen LogP contribution in [0, 0.1) is 0 Å². The van der Waals surface area contributed by atoms with E-state index in [9.17, 15) is 8.78 Å². The molecule has 0 aromatic heterocycles. The zero-order valence-electron chi connectivity index (χ0n) is 12.0. The van der Waals surface area contributed by atoms with Crippen LogP contribution in [0.25, 0.3) is 0 Å². The normalized spacial score (nSPS) is 12.3. The van der Waals surface area contributed by atoms with Gasteiger partial charge in [-0.25, -0.2) is 0 Å². The third-order valence-corrected chi connectivity index (χ3v) is 8.40. The molecule has 3 aromatic rings. The van der Waals surface area contributed by atoms with E-state index in [1.807, 2.05) is 91.0 Å². The number of halogens is 2. The van der Waals surface area contributed by atoms with Gasteiger partial charge in [0.05, 0.1) is 0 Å². The molecule has 0 N–H and O–H groups in total. The van der Waals surface area contributed by atoms with E-state index in [1.165, 1.54) is 0 Å². The molecule has 0 fully saturated rings. The molecule has 0 spiro atoms. The van der Waals surface area contributed by atoms with Crippen LogP contribution in [0.4, 0.5) is 8.78 Å². The Kier molecular flexibility index (Phi) is 4.31. The van der Waals surface area contributed by atoms with Crippen LogP contribution in [-0.2, 0) is 0 Å². The van der Waals surface area contributed by atoms with Crippen molar-refractivity contribution in [2.45, 2.75) is 6.17 Å². The molecule has 3 aromatic carbocycles. The first-order chi connectivity index (χ1) is 10.8. The van der Waals surface area contributed by atoms with Crippen molar-refractivity contribution < 1.29 is 8.78 Å². The van der Waals surface area contributed by atoms with Gasteiger partial charge in [-0.3, -0.25) is 0 Å². The number of hydrogen-bond donors (Lipinski definition) is 0. The summed E-state index contributed by atoms with van der Waals surface area (Å²) in [6.45, 7) is 0. The fourth-order valence-electron chi connectivity index (χ4n) is 2.98. The monoisotopic (exact) mass is 314 g/mol. The van der Waals surface area contributed by atoms with Gasteiger partial charge in [0.2, 0.25) is 0 Å². The first-order valence-corrected chi connectivity index (χ1v) is 9.28. The molecular formula is C19H17F2P. The van der Waals surface area contributed by atoms with Crippen molar-refractivity contribution in [3.63, 3.8) is 0 Å². The van der Waals surface area contributed by atoms with Crippen molar-refractivity contribution in [3.05, 3.63) is 91.0 Å². The third kappa shape index (κ3) is 2.44. The molecular weight excluding hydrogens is 297 g/mol. The molecule has 0 saturated carbocycles. The summed E-state index contributed by atoms with van der Waals surface area (Å²) in [5.74, 6) is 0. The summed E-state index contributed by atoms with van der Waals surface area (Å²) < 4.78 is 28.9. The van der Waals surface area contributed by atoms with Crippen molar-refractivity contribution >= 4 is 23.2 Å². The van der Waals surface area contributed by atoms with Crippen LogP contribution in [0.3, 0.4) is 0 Å². The van der Waals surface area contributed by atoms with Gasteiger partial charge in [-0.05, 0) is 0 Å². The first-order valence-electron chi connectivity index (χ1n) is 7.21. The third-order valence-electron chi connectivity index (χ3n) is 4.01. The van der Waals surface area contributed by atoms with Crippen molar-refractivity contribution in [1.82, 2.24) is 0 Å². The maximum absolute atomic E-state index is 14.5. The van der Waals surface area contributed by atoms with Gasteiger partial charge >= 0.3 is 129 Å². The Hall–Kier alpha value is -2.05. The standard InChI is InChI=1S/C19H17F2P/c20-19(21)22(16-10-4-1-5-11-16,17-12-6-2-7-13-17)18-14-8-3-9-15-18/h1-15,19,22H. The molecule has 3 rings (SSSR count). The molecule has 0 nitrogen and oxygen atoms in total. The topological polar surface area (TPSA) is 0 Å². The summed E-state index contributed by atoms with van der Waals surface area (Å²) in [5, 5.41) is 2.22. The van der Waals surface area contributed by atoms with Crippen molar-refractivity contribution in [1.29, 1.82) is 0 Å². The molecule has 0 heterocycles. The molecule has 0 radical (unpaired) electrons. The van der Waals surface area contributed by atoms with Crippen molar-refractivity contribution in [2.24, 2.45) is 0 Å². The molecule has 0 atom stereocenters. The first kappa shape index (κ1) is 14.9. The van der Waals surface area contributed by atoms with Crippen LogP contribution < -0.4 is 15.9 Å². The number of alkyl halides is 2. The zero-order chi connectivity index (χ0) is 15.4. The summed E-state index contributed by atoms with van der Waals surface area (Å²) in [6, 6.07) is 27.6. The summed E-state index contributed by atoms with van der Waals surface area (Å²) >= 11 is 0. The summed E-state index contributed by atoms with van der Waals surface area (Å²) in [5.41, 5.74) is 0.